The predicted octanol–water partition coefficient (Wildman–Crippen LogP) is 4.48. The van der Waals surface area contributed by atoms with Crippen molar-refractivity contribution in [3.63, 3.8) is 0 Å². The van der Waals surface area contributed by atoms with Crippen LogP contribution in [-0.2, 0) is 21.9 Å². The Labute approximate surface area is 179 Å². The molecular weight excluding hydrogens is 380 g/mol. The second-order valence-electron chi connectivity index (χ2n) is 7.19. The Morgan fingerprint density at radius 1 is 0.966 bits per heavy atom. The molecule has 2 rings (SSSR count). The van der Waals surface area contributed by atoms with Gasteiger partial charge in [-0.2, -0.15) is 0 Å². The van der Waals surface area contributed by atoms with Crippen molar-refractivity contribution in [2.75, 3.05) is 12.3 Å². The van der Waals surface area contributed by atoms with Crippen molar-refractivity contribution in [1.29, 1.82) is 0 Å². The maximum absolute atomic E-state index is 13.2. The van der Waals surface area contributed by atoms with Gasteiger partial charge in [-0.25, -0.2) is 0 Å². The van der Waals surface area contributed by atoms with Gasteiger partial charge in [-0.3, -0.25) is 9.59 Å². The highest BCUT2D eigenvalue weighted by atomic mass is 32.2. The van der Waals surface area contributed by atoms with Gasteiger partial charge in [-0.15, -0.1) is 11.8 Å². The highest BCUT2D eigenvalue weighted by molar-refractivity contribution is 7.99. The van der Waals surface area contributed by atoms with Gasteiger partial charge in [-0.05, 0) is 49.4 Å². The summed E-state index contributed by atoms with van der Waals surface area (Å²) in [7, 11) is 0. The molecule has 1 N–H and O–H groups in total. The zero-order chi connectivity index (χ0) is 21.2. The van der Waals surface area contributed by atoms with E-state index >= 15 is 0 Å². The number of carbonyl (C=O) groups excluding carboxylic acids is 2. The highest BCUT2D eigenvalue weighted by Crippen LogP contribution is 2.20. The normalized spacial score (nSPS) is 11.7. The van der Waals surface area contributed by atoms with Crippen LogP contribution in [0.4, 0.5) is 0 Å². The van der Waals surface area contributed by atoms with Crippen LogP contribution in [0.3, 0.4) is 0 Å². The monoisotopic (exact) mass is 412 g/mol. The molecule has 0 saturated carbocycles. The van der Waals surface area contributed by atoms with E-state index in [-0.39, 0.29) is 11.8 Å². The van der Waals surface area contributed by atoms with E-state index in [9.17, 15) is 9.59 Å². The number of hydrogen-bond acceptors (Lipinski definition) is 3. The molecule has 1 unspecified atom stereocenters. The number of likely N-dealkylation sites (N-methyl/N-ethyl adjacent to an activating group) is 1. The molecular formula is C24H32N2O2S. The third-order valence-corrected chi connectivity index (χ3v) is 6.05. The first-order chi connectivity index (χ1) is 14.0. The minimum atomic E-state index is -0.457. The molecule has 0 aromatic heterocycles. The molecule has 2 amide bonds. The maximum atomic E-state index is 13.2. The molecule has 0 spiro atoms. The number of hydrogen-bond donors (Lipinski definition) is 1. The summed E-state index contributed by atoms with van der Waals surface area (Å²) in [5.74, 6) is 1.07. The summed E-state index contributed by atoms with van der Waals surface area (Å²) in [5, 5.41) is 2.88. The predicted molar refractivity (Wildman–Crippen MR) is 122 cm³/mol. The quantitative estimate of drug-likeness (QED) is 0.626. The van der Waals surface area contributed by atoms with E-state index in [1.54, 1.807) is 16.7 Å². The number of benzene rings is 2. The second kappa shape index (κ2) is 11.7. The number of nitrogens with one attached hydrogen (secondary N) is 1. The zero-order valence-electron chi connectivity index (χ0n) is 17.9. The van der Waals surface area contributed by atoms with E-state index in [0.29, 0.717) is 25.3 Å². The van der Waals surface area contributed by atoms with Crippen molar-refractivity contribution in [2.24, 2.45) is 0 Å². The standard InChI is InChI=1S/C24H32N2O2S/c1-5-22(24(28)25-6-2)26(15-20-13-9-7-11-18(20)3)23(27)17-29-16-21-14-10-8-12-19(21)4/h7-14,22H,5-6,15-17H2,1-4H3,(H,25,28). The van der Waals surface area contributed by atoms with Crippen molar-refractivity contribution in [2.45, 2.75) is 52.5 Å². The SMILES string of the molecule is CCNC(=O)C(CC)N(Cc1ccccc1C)C(=O)CSCc1ccccc1C. The molecule has 5 heteroatoms. The van der Waals surface area contributed by atoms with Crippen LogP contribution in [0.5, 0.6) is 0 Å². The number of nitrogens with zero attached hydrogens (tertiary/aromatic N) is 1. The van der Waals surface area contributed by atoms with Crippen LogP contribution in [0.1, 0.15) is 42.5 Å². The first kappa shape index (κ1) is 23.0. The van der Waals surface area contributed by atoms with E-state index < -0.39 is 6.04 Å². The smallest absolute Gasteiger partial charge is 0.242 e. The number of amides is 2. The van der Waals surface area contributed by atoms with Crippen molar-refractivity contribution >= 4 is 23.6 Å². The van der Waals surface area contributed by atoms with Gasteiger partial charge in [0, 0.05) is 18.8 Å². The average Bonchev–Trinajstić information content (AvgIpc) is 2.70. The van der Waals surface area contributed by atoms with Gasteiger partial charge in [0.05, 0.1) is 5.75 Å². The lowest BCUT2D eigenvalue weighted by atomic mass is 10.1. The van der Waals surface area contributed by atoms with Gasteiger partial charge < -0.3 is 10.2 Å². The van der Waals surface area contributed by atoms with Crippen molar-refractivity contribution in [1.82, 2.24) is 10.2 Å². The zero-order valence-corrected chi connectivity index (χ0v) is 18.7. The summed E-state index contributed by atoms with van der Waals surface area (Å²) in [6.45, 7) is 8.99. The van der Waals surface area contributed by atoms with Crippen LogP contribution in [0.25, 0.3) is 0 Å². The third-order valence-electron chi connectivity index (χ3n) is 5.08. The van der Waals surface area contributed by atoms with Gasteiger partial charge in [0.25, 0.3) is 0 Å². The summed E-state index contributed by atoms with van der Waals surface area (Å²) >= 11 is 1.60. The van der Waals surface area contributed by atoms with Gasteiger partial charge >= 0.3 is 0 Å². The summed E-state index contributed by atoms with van der Waals surface area (Å²) in [6, 6.07) is 15.8. The molecule has 0 saturated heterocycles. The second-order valence-corrected chi connectivity index (χ2v) is 8.17. The topological polar surface area (TPSA) is 49.4 Å². The molecule has 29 heavy (non-hydrogen) atoms. The van der Waals surface area contributed by atoms with E-state index in [0.717, 1.165) is 16.9 Å². The minimum absolute atomic E-state index is 0.00457. The van der Waals surface area contributed by atoms with Gasteiger partial charge in [0.1, 0.15) is 6.04 Å². The first-order valence-electron chi connectivity index (χ1n) is 10.2. The van der Waals surface area contributed by atoms with Gasteiger partial charge in [0.15, 0.2) is 0 Å². The number of aryl methyl sites for hydroxylation is 2. The lowest BCUT2D eigenvalue weighted by Crippen LogP contribution is -2.49. The number of carbonyl (C=O) groups is 2. The fraction of sp³-hybridized carbons (Fsp3) is 0.417. The molecule has 4 nitrogen and oxygen atoms in total. The Balaban J connectivity index is 2.14. The molecule has 0 aliphatic rings. The fourth-order valence-corrected chi connectivity index (χ4v) is 4.27. The largest absolute Gasteiger partial charge is 0.355 e. The summed E-state index contributed by atoms with van der Waals surface area (Å²) in [4.78, 5) is 27.5. The lowest BCUT2D eigenvalue weighted by molar-refractivity contribution is -0.139. The Bertz CT molecular complexity index is 822. The van der Waals surface area contributed by atoms with E-state index in [1.165, 1.54) is 11.1 Å². The van der Waals surface area contributed by atoms with Crippen molar-refractivity contribution in [3.8, 4) is 0 Å². The van der Waals surface area contributed by atoms with E-state index in [4.69, 9.17) is 0 Å². The molecule has 0 bridgehead atoms. The average molecular weight is 413 g/mol. The summed E-state index contributed by atoms with van der Waals surface area (Å²) in [5.41, 5.74) is 4.68. The van der Waals surface area contributed by atoms with Crippen molar-refractivity contribution in [3.05, 3.63) is 70.8 Å². The van der Waals surface area contributed by atoms with Gasteiger partial charge in [-0.1, -0.05) is 55.5 Å². The fourth-order valence-electron chi connectivity index (χ4n) is 3.29. The lowest BCUT2D eigenvalue weighted by Gasteiger charge is -2.31. The van der Waals surface area contributed by atoms with Crippen LogP contribution in [0.15, 0.2) is 48.5 Å². The molecule has 2 aromatic carbocycles. The molecule has 0 radical (unpaired) electrons. The summed E-state index contributed by atoms with van der Waals surface area (Å²) < 4.78 is 0. The first-order valence-corrected chi connectivity index (χ1v) is 11.4. The Hall–Kier alpha value is -2.27. The summed E-state index contributed by atoms with van der Waals surface area (Å²) in [6.07, 6.45) is 0.589. The maximum Gasteiger partial charge on any atom is 0.242 e. The Morgan fingerprint density at radius 3 is 2.10 bits per heavy atom. The number of thioether (sulfide) groups is 1. The molecule has 0 fully saturated rings. The highest BCUT2D eigenvalue weighted by Gasteiger charge is 2.28. The number of rotatable bonds is 10. The minimum Gasteiger partial charge on any atom is -0.355 e. The van der Waals surface area contributed by atoms with Crippen molar-refractivity contribution < 1.29 is 9.59 Å². The molecule has 2 aromatic rings. The van der Waals surface area contributed by atoms with E-state index in [2.05, 4.69) is 24.4 Å². The third kappa shape index (κ3) is 6.64. The van der Waals surface area contributed by atoms with E-state index in [1.807, 2.05) is 57.2 Å². The van der Waals surface area contributed by atoms with Gasteiger partial charge in [0.2, 0.25) is 11.8 Å². The van der Waals surface area contributed by atoms with Crippen LogP contribution < -0.4 is 5.32 Å². The molecule has 0 heterocycles. The van der Waals surface area contributed by atoms with Crippen LogP contribution in [-0.4, -0.2) is 35.1 Å². The Morgan fingerprint density at radius 2 is 1.55 bits per heavy atom. The van der Waals surface area contributed by atoms with Crippen LogP contribution >= 0.6 is 11.8 Å². The van der Waals surface area contributed by atoms with Crippen LogP contribution in [0, 0.1) is 13.8 Å². The molecule has 0 aliphatic heterocycles. The Kier molecular flexibility index (Phi) is 9.26. The molecule has 1 atom stereocenters. The van der Waals surface area contributed by atoms with Crippen LogP contribution in [0.2, 0.25) is 0 Å². The molecule has 156 valence electrons. The molecule has 0 aliphatic carbocycles.